The minimum atomic E-state index is -0.188. The number of esters is 1. The van der Waals surface area contributed by atoms with Gasteiger partial charge >= 0.3 is 5.97 Å². The third-order valence-corrected chi connectivity index (χ3v) is 2.33. The maximum absolute atomic E-state index is 10.7. The molecule has 0 aromatic heterocycles. The van der Waals surface area contributed by atoms with Gasteiger partial charge in [-0.15, -0.1) is 0 Å². The van der Waals surface area contributed by atoms with E-state index in [4.69, 9.17) is 4.74 Å². The molecule has 0 heterocycles. The first kappa shape index (κ1) is 13.2. The van der Waals surface area contributed by atoms with E-state index in [-0.39, 0.29) is 12.1 Å². The van der Waals surface area contributed by atoms with Crippen molar-refractivity contribution >= 4 is 5.97 Å². The molecule has 0 N–H and O–H groups in total. The van der Waals surface area contributed by atoms with Crippen molar-refractivity contribution < 1.29 is 9.53 Å². The summed E-state index contributed by atoms with van der Waals surface area (Å²) in [4.78, 5) is 10.7. The summed E-state index contributed by atoms with van der Waals surface area (Å²) in [5.41, 5.74) is 1.34. The van der Waals surface area contributed by atoms with Crippen LogP contribution in [0.5, 0.6) is 0 Å². The monoisotopic (exact) mass is 198 g/mol. The van der Waals surface area contributed by atoms with Gasteiger partial charge in [0.15, 0.2) is 0 Å². The van der Waals surface area contributed by atoms with Crippen LogP contribution in [0.2, 0.25) is 0 Å². The van der Waals surface area contributed by atoms with Crippen LogP contribution in [0, 0.1) is 5.92 Å². The molecule has 0 aliphatic rings. The first-order valence-electron chi connectivity index (χ1n) is 5.24. The topological polar surface area (TPSA) is 26.3 Å². The van der Waals surface area contributed by atoms with Gasteiger partial charge < -0.3 is 4.74 Å². The van der Waals surface area contributed by atoms with Crippen molar-refractivity contribution in [1.82, 2.24) is 0 Å². The highest BCUT2D eigenvalue weighted by Crippen LogP contribution is 2.14. The van der Waals surface area contributed by atoms with Crippen LogP contribution in [0.25, 0.3) is 0 Å². The minimum absolute atomic E-state index is 0.0260. The highest BCUT2D eigenvalue weighted by Gasteiger charge is 2.13. The Labute approximate surface area is 87.3 Å². The van der Waals surface area contributed by atoms with Crippen molar-refractivity contribution in [2.75, 3.05) is 0 Å². The van der Waals surface area contributed by atoms with E-state index >= 15 is 0 Å². The van der Waals surface area contributed by atoms with Crippen molar-refractivity contribution in [3.8, 4) is 0 Å². The number of allylic oxidation sites excluding steroid dienone is 2. The highest BCUT2D eigenvalue weighted by molar-refractivity contribution is 5.66. The predicted molar refractivity (Wildman–Crippen MR) is 59.1 cm³/mol. The van der Waals surface area contributed by atoms with Gasteiger partial charge in [-0.3, -0.25) is 4.79 Å². The maximum Gasteiger partial charge on any atom is 0.302 e. The molecule has 0 unspecified atom stereocenters. The molecule has 14 heavy (non-hydrogen) atoms. The van der Waals surface area contributed by atoms with Crippen LogP contribution in [0.4, 0.5) is 0 Å². The number of rotatable bonds is 5. The second-order valence-electron chi connectivity index (χ2n) is 4.15. The second-order valence-corrected chi connectivity index (χ2v) is 4.15. The van der Waals surface area contributed by atoms with Gasteiger partial charge in [0.2, 0.25) is 0 Å². The molecule has 0 saturated heterocycles. The maximum atomic E-state index is 10.7. The largest absolute Gasteiger partial charge is 0.463 e. The normalized spacial score (nSPS) is 14.4. The van der Waals surface area contributed by atoms with E-state index in [1.807, 2.05) is 6.92 Å². The minimum Gasteiger partial charge on any atom is -0.463 e. The van der Waals surface area contributed by atoms with Gasteiger partial charge in [-0.25, -0.2) is 0 Å². The van der Waals surface area contributed by atoms with Gasteiger partial charge in [-0.05, 0) is 39.5 Å². The molecule has 0 rings (SSSR count). The summed E-state index contributed by atoms with van der Waals surface area (Å²) in [6.07, 6.45) is 4.38. The van der Waals surface area contributed by atoms with Crippen molar-refractivity contribution in [3.05, 3.63) is 11.6 Å². The quantitative estimate of drug-likeness (QED) is 0.500. The van der Waals surface area contributed by atoms with Gasteiger partial charge in [0, 0.05) is 6.92 Å². The Kier molecular flexibility index (Phi) is 6.26. The summed E-state index contributed by atoms with van der Waals surface area (Å²) >= 11 is 0. The first-order chi connectivity index (χ1) is 6.43. The van der Waals surface area contributed by atoms with Gasteiger partial charge in [0.25, 0.3) is 0 Å². The Hall–Kier alpha value is -0.790. The molecule has 0 spiro atoms. The summed E-state index contributed by atoms with van der Waals surface area (Å²) in [5.74, 6) is 0.237. The van der Waals surface area contributed by atoms with Gasteiger partial charge in [-0.2, -0.15) is 0 Å². The summed E-state index contributed by atoms with van der Waals surface area (Å²) < 4.78 is 5.11. The number of carbonyl (C=O) groups excluding carboxylic acids is 1. The molecular formula is C12H22O2. The third kappa shape index (κ3) is 6.70. The summed E-state index contributed by atoms with van der Waals surface area (Å²) in [6, 6.07) is 0. The number of hydrogen-bond acceptors (Lipinski definition) is 2. The molecule has 0 bridgehead atoms. The second kappa shape index (κ2) is 6.63. The Morgan fingerprint density at radius 1 is 1.29 bits per heavy atom. The zero-order chi connectivity index (χ0) is 11.1. The molecule has 0 fully saturated rings. The third-order valence-electron chi connectivity index (χ3n) is 2.33. The number of carbonyl (C=O) groups is 1. The molecule has 0 amide bonds. The average Bonchev–Trinajstić information content (AvgIpc) is 2.01. The molecule has 0 aliphatic carbocycles. The van der Waals surface area contributed by atoms with E-state index < -0.39 is 0 Å². The lowest BCUT2D eigenvalue weighted by Crippen LogP contribution is -2.20. The van der Waals surface area contributed by atoms with Crippen LogP contribution in [0.15, 0.2) is 11.6 Å². The number of ether oxygens (including phenoxy) is 1. The standard InChI is InChI=1S/C12H22O2/c1-9(2)7-6-8-10(3)11(4)14-12(5)13/h7,10-11H,6,8H2,1-5H3/t10-,11+/m1/s1. The fourth-order valence-corrected chi connectivity index (χ4v) is 1.25. The van der Waals surface area contributed by atoms with E-state index in [1.54, 1.807) is 0 Å². The SMILES string of the molecule is CC(=O)O[C@@H](C)[C@H](C)CCC=C(C)C. The van der Waals surface area contributed by atoms with Gasteiger partial charge in [0.1, 0.15) is 6.10 Å². The predicted octanol–water partition coefficient (Wildman–Crippen LogP) is 3.32. The lowest BCUT2D eigenvalue weighted by atomic mass is 9.99. The molecule has 0 radical (unpaired) electrons. The fourth-order valence-electron chi connectivity index (χ4n) is 1.25. The van der Waals surface area contributed by atoms with Crippen molar-refractivity contribution in [2.45, 2.75) is 53.6 Å². The van der Waals surface area contributed by atoms with Crippen molar-refractivity contribution in [1.29, 1.82) is 0 Å². The first-order valence-corrected chi connectivity index (χ1v) is 5.24. The zero-order valence-electron chi connectivity index (χ0n) is 9.96. The smallest absolute Gasteiger partial charge is 0.302 e. The Bertz CT molecular complexity index is 202. The van der Waals surface area contributed by atoms with Crippen LogP contribution in [0.3, 0.4) is 0 Å². The molecular weight excluding hydrogens is 176 g/mol. The Morgan fingerprint density at radius 3 is 2.29 bits per heavy atom. The summed E-state index contributed by atoms with van der Waals surface area (Å²) in [6.45, 7) is 9.72. The van der Waals surface area contributed by atoms with Crippen LogP contribution in [-0.2, 0) is 9.53 Å². The molecule has 0 saturated carbocycles. The van der Waals surface area contributed by atoms with E-state index in [0.29, 0.717) is 5.92 Å². The molecule has 2 heteroatoms. The molecule has 82 valence electrons. The van der Waals surface area contributed by atoms with Crippen LogP contribution >= 0.6 is 0 Å². The zero-order valence-corrected chi connectivity index (χ0v) is 9.96. The van der Waals surface area contributed by atoms with Crippen LogP contribution < -0.4 is 0 Å². The summed E-state index contributed by atoms with van der Waals surface area (Å²) in [7, 11) is 0. The molecule has 2 atom stereocenters. The van der Waals surface area contributed by atoms with E-state index in [1.165, 1.54) is 12.5 Å². The molecule has 0 aromatic rings. The molecule has 2 nitrogen and oxygen atoms in total. The van der Waals surface area contributed by atoms with E-state index in [0.717, 1.165) is 12.8 Å². The lowest BCUT2D eigenvalue weighted by molar-refractivity contribution is -0.147. The summed E-state index contributed by atoms with van der Waals surface area (Å²) in [5, 5.41) is 0. The van der Waals surface area contributed by atoms with E-state index in [9.17, 15) is 4.79 Å². The lowest BCUT2D eigenvalue weighted by Gasteiger charge is -2.18. The average molecular weight is 198 g/mol. The fraction of sp³-hybridized carbons (Fsp3) is 0.750. The van der Waals surface area contributed by atoms with Crippen LogP contribution in [0.1, 0.15) is 47.5 Å². The van der Waals surface area contributed by atoms with Crippen LogP contribution in [-0.4, -0.2) is 12.1 Å². The van der Waals surface area contributed by atoms with Gasteiger partial charge in [-0.1, -0.05) is 18.6 Å². The molecule has 0 aliphatic heterocycles. The molecule has 0 aromatic carbocycles. The number of hydrogen-bond donors (Lipinski definition) is 0. The van der Waals surface area contributed by atoms with Gasteiger partial charge in [0.05, 0.1) is 0 Å². The van der Waals surface area contributed by atoms with E-state index in [2.05, 4.69) is 26.8 Å². The Morgan fingerprint density at radius 2 is 1.86 bits per heavy atom. The Balaban J connectivity index is 3.78. The van der Waals surface area contributed by atoms with Crippen molar-refractivity contribution in [3.63, 3.8) is 0 Å². The van der Waals surface area contributed by atoms with Crippen molar-refractivity contribution in [2.24, 2.45) is 5.92 Å². The highest BCUT2D eigenvalue weighted by atomic mass is 16.5.